The van der Waals surface area contributed by atoms with Crippen molar-refractivity contribution in [3.05, 3.63) is 0 Å². The molecular weight excluding hydrogens is 205 g/mol. The Morgan fingerprint density at radius 1 is 1.43 bits per heavy atom. The fourth-order valence-electron chi connectivity index (χ4n) is 2.26. The van der Waals surface area contributed by atoms with Gasteiger partial charge in [0.05, 0.1) is 5.75 Å². The zero-order chi connectivity index (χ0) is 11.0. The number of hydrogen-bond donors (Lipinski definition) is 1. The van der Waals surface area contributed by atoms with Crippen molar-refractivity contribution in [2.75, 3.05) is 5.75 Å². The van der Waals surface area contributed by atoms with Gasteiger partial charge in [-0.1, -0.05) is 20.3 Å². The molecule has 0 spiro atoms. The van der Waals surface area contributed by atoms with Crippen molar-refractivity contribution in [1.29, 1.82) is 0 Å². The quantitative estimate of drug-likeness (QED) is 0.734. The van der Waals surface area contributed by atoms with E-state index in [2.05, 4.69) is 0 Å². The Bertz CT molecular complexity index is 296. The first-order chi connectivity index (χ1) is 6.27. The smallest absolute Gasteiger partial charge is 0.303 e. The van der Waals surface area contributed by atoms with Crippen LogP contribution in [0.1, 0.15) is 33.1 Å². The number of hydrogen-bond acceptors (Lipinski definition) is 3. The lowest BCUT2D eigenvalue weighted by Crippen LogP contribution is -2.53. The summed E-state index contributed by atoms with van der Waals surface area (Å²) in [6, 6.07) is -0.221. The third kappa shape index (κ3) is 2.45. The van der Waals surface area contributed by atoms with E-state index in [1.165, 1.54) is 0 Å². The van der Waals surface area contributed by atoms with Crippen LogP contribution in [0.15, 0.2) is 0 Å². The van der Waals surface area contributed by atoms with E-state index >= 15 is 0 Å². The van der Waals surface area contributed by atoms with Crippen molar-refractivity contribution in [3.63, 3.8) is 0 Å². The molecule has 1 unspecified atom stereocenters. The molecule has 0 bridgehead atoms. The van der Waals surface area contributed by atoms with Gasteiger partial charge < -0.3 is 5.73 Å². The van der Waals surface area contributed by atoms with Crippen LogP contribution in [0.3, 0.4) is 0 Å². The van der Waals surface area contributed by atoms with Crippen molar-refractivity contribution in [1.82, 2.24) is 0 Å². The summed E-state index contributed by atoms with van der Waals surface area (Å²) in [5.41, 5.74) is 5.43. The highest BCUT2D eigenvalue weighted by Gasteiger charge is 2.46. The van der Waals surface area contributed by atoms with Crippen molar-refractivity contribution >= 4 is 10.2 Å². The number of nitrogens with two attached hydrogens (primary N) is 1. The molecule has 14 heavy (non-hydrogen) atoms. The molecule has 1 aliphatic rings. The molecule has 0 aromatic rings. The van der Waals surface area contributed by atoms with E-state index < -0.39 is 21.4 Å². The SMILES string of the molecule is CC(C)C(N)C1(CS(=O)(=O)F)CCC1. The highest BCUT2D eigenvalue weighted by Crippen LogP contribution is 2.46. The summed E-state index contributed by atoms with van der Waals surface area (Å²) in [7, 11) is -4.40. The van der Waals surface area contributed by atoms with Crippen LogP contribution >= 0.6 is 0 Å². The minimum Gasteiger partial charge on any atom is -0.327 e. The van der Waals surface area contributed by atoms with Crippen molar-refractivity contribution in [2.24, 2.45) is 17.1 Å². The standard InChI is InChI=1S/C9H18FNO2S/c1-7(2)8(11)9(4-3-5-9)6-14(10,12)13/h7-8H,3-6,11H2,1-2H3. The summed E-state index contributed by atoms with van der Waals surface area (Å²) >= 11 is 0. The van der Waals surface area contributed by atoms with Gasteiger partial charge >= 0.3 is 10.2 Å². The van der Waals surface area contributed by atoms with Gasteiger partial charge in [-0.15, -0.1) is 3.89 Å². The molecule has 0 amide bonds. The molecule has 3 nitrogen and oxygen atoms in total. The number of halogens is 1. The van der Waals surface area contributed by atoms with Crippen LogP contribution in [-0.2, 0) is 10.2 Å². The lowest BCUT2D eigenvalue weighted by molar-refractivity contribution is 0.0966. The summed E-state index contributed by atoms with van der Waals surface area (Å²) in [5.74, 6) is -0.212. The molecule has 1 saturated carbocycles. The van der Waals surface area contributed by atoms with E-state index in [9.17, 15) is 12.3 Å². The fraction of sp³-hybridized carbons (Fsp3) is 1.00. The van der Waals surface area contributed by atoms with Crippen LogP contribution in [0.4, 0.5) is 3.89 Å². The zero-order valence-corrected chi connectivity index (χ0v) is 9.48. The van der Waals surface area contributed by atoms with Crippen molar-refractivity contribution in [3.8, 4) is 0 Å². The molecule has 0 aliphatic heterocycles. The van der Waals surface area contributed by atoms with Crippen LogP contribution in [-0.4, -0.2) is 20.2 Å². The van der Waals surface area contributed by atoms with Gasteiger partial charge in [0.15, 0.2) is 0 Å². The largest absolute Gasteiger partial charge is 0.327 e. The molecule has 1 rings (SSSR count). The topological polar surface area (TPSA) is 60.2 Å². The Kier molecular flexibility index (Phi) is 3.21. The Labute approximate surface area is 85.1 Å². The predicted octanol–water partition coefficient (Wildman–Crippen LogP) is 1.44. The summed E-state index contributed by atoms with van der Waals surface area (Å²) in [5, 5.41) is 0. The molecule has 1 fully saturated rings. The maximum atomic E-state index is 12.6. The second-order valence-corrected chi connectivity index (χ2v) is 6.04. The molecule has 0 saturated heterocycles. The Morgan fingerprint density at radius 2 is 1.93 bits per heavy atom. The number of rotatable bonds is 4. The van der Waals surface area contributed by atoms with Crippen molar-refractivity contribution < 1.29 is 12.3 Å². The Morgan fingerprint density at radius 3 is 2.14 bits per heavy atom. The van der Waals surface area contributed by atoms with Gasteiger partial charge in [0.1, 0.15) is 0 Å². The molecule has 0 aromatic carbocycles. The van der Waals surface area contributed by atoms with Crippen LogP contribution in [0.5, 0.6) is 0 Å². The molecule has 84 valence electrons. The summed E-state index contributed by atoms with van der Waals surface area (Å²) in [6.07, 6.45) is 2.42. The van der Waals surface area contributed by atoms with Crippen LogP contribution < -0.4 is 5.73 Å². The van der Waals surface area contributed by atoms with Gasteiger partial charge in [0.25, 0.3) is 0 Å². The molecule has 1 atom stereocenters. The Hall–Kier alpha value is -0.160. The van der Waals surface area contributed by atoms with Crippen molar-refractivity contribution in [2.45, 2.75) is 39.2 Å². The lowest BCUT2D eigenvalue weighted by Gasteiger charge is -2.46. The average Bonchev–Trinajstić information content (AvgIpc) is 1.93. The van der Waals surface area contributed by atoms with E-state index in [1.54, 1.807) is 0 Å². The van der Waals surface area contributed by atoms with Gasteiger partial charge in [-0.3, -0.25) is 0 Å². The van der Waals surface area contributed by atoms with E-state index in [1.807, 2.05) is 13.8 Å². The molecule has 5 heteroatoms. The first-order valence-corrected chi connectivity index (χ1v) is 6.50. The van der Waals surface area contributed by atoms with Gasteiger partial charge in [0.2, 0.25) is 0 Å². The minimum atomic E-state index is -4.40. The first kappa shape index (κ1) is 11.9. The highest BCUT2D eigenvalue weighted by atomic mass is 32.3. The molecular formula is C9H18FNO2S. The third-order valence-electron chi connectivity index (χ3n) is 3.23. The monoisotopic (exact) mass is 223 g/mol. The average molecular weight is 223 g/mol. The molecule has 1 aliphatic carbocycles. The highest BCUT2D eigenvalue weighted by molar-refractivity contribution is 7.86. The van der Waals surface area contributed by atoms with Crippen LogP contribution in [0.2, 0.25) is 0 Å². The summed E-state index contributed by atoms with van der Waals surface area (Å²) < 4.78 is 33.9. The molecule has 0 heterocycles. The predicted molar refractivity (Wildman–Crippen MR) is 54.0 cm³/mol. The van der Waals surface area contributed by atoms with Gasteiger partial charge in [-0.05, 0) is 18.8 Å². The van der Waals surface area contributed by atoms with E-state index in [0.29, 0.717) is 0 Å². The maximum absolute atomic E-state index is 12.6. The van der Waals surface area contributed by atoms with E-state index in [4.69, 9.17) is 5.73 Å². The van der Waals surface area contributed by atoms with Gasteiger partial charge in [-0.25, -0.2) is 0 Å². The first-order valence-electron chi connectivity index (χ1n) is 4.95. The minimum absolute atomic E-state index is 0.192. The molecule has 2 N–H and O–H groups in total. The second-order valence-electron chi connectivity index (χ2n) is 4.67. The molecule has 0 radical (unpaired) electrons. The lowest BCUT2D eigenvalue weighted by atomic mass is 9.63. The normalized spacial score (nSPS) is 23.2. The Balaban J connectivity index is 2.77. The third-order valence-corrected chi connectivity index (χ3v) is 4.15. The van der Waals surface area contributed by atoms with Crippen LogP contribution in [0, 0.1) is 11.3 Å². The van der Waals surface area contributed by atoms with Gasteiger partial charge in [0, 0.05) is 11.5 Å². The second kappa shape index (κ2) is 3.77. The fourth-order valence-corrected chi connectivity index (χ4v) is 3.42. The summed E-state index contributed by atoms with van der Waals surface area (Å²) in [6.45, 7) is 3.88. The van der Waals surface area contributed by atoms with Crippen LogP contribution in [0.25, 0.3) is 0 Å². The zero-order valence-electron chi connectivity index (χ0n) is 8.66. The van der Waals surface area contributed by atoms with Gasteiger partial charge in [-0.2, -0.15) is 8.42 Å². The van der Waals surface area contributed by atoms with E-state index in [0.717, 1.165) is 19.3 Å². The molecule has 0 aromatic heterocycles. The summed E-state index contributed by atoms with van der Waals surface area (Å²) in [4.78, 5) is 0. The van der Waals surface area contributed by atoms with E-state index in [-0.39, 0.29) is 12.0 Å². The maximum Gasteiger partial charge on any atom is 0.303 e.